The largest absolute Gasteiger partial charge is 0.371 e. The molecule has 2 aliphatic rings. The Kier molecular flexibility index (Phi) is 3.97. The van der Waals surface area contributed by atoms with Gasteiger partial charge in [0.1, 0.15) is 0 Å². The molecule has 2 atom stereocenters. The fourth-order valence-corrected chi connectivity index (χ4v) is 3.41. The van der Waals surface area contributed by atoms with E-state index in [1.165, 1.54) is 43.6 Å². The molecule has 2 fully saturated rings. The Morgan fingerprint density at radius 3 is 2.60 bits per heavy atom. The molecule has 3 rings (SSSR count). The number of hydrogen-bond acceptors (Lipinski definition) is 3. The third kappa shape index (κ3) is 3.32. The van der Waals surface area contributed by atoms with E-state index in [1.54, 1.807) is 0 Å². The average Bonchev–Trinajstić information content (AvgIpc) is 3.20. The maximum absolute atomic E-state index is 4.50. The van der Waals surface area contributed by atoms with Gasteiger partial charge in [-0.25, -0.2) is 0 Å². The van der Waals surface area contributed by atoms with E-state index >= 15 is 0 Å². The first-order valence-electron chi connectivity index (χ1n) is 8.05. The van der Waals surface area contributed by atoms with Crippen LogP contribution in [0.25, 0.3) is 0 Å². The van der Waals surface area contributed by atoms with Crippen molar-refractivity contribution in [1.29, 1.82) is 0 Å². The first kappa shape index (κ1) is 13.9. The third-order valence-corrected chi connectivity index (χ3v) is 4.47. The highest BCUT2D eigenvalue weighted by molar-refractivity contribution is 5.54. The second kappa shape index (κ2) is 5.72. The second-order valence-electron chi connectivity index (χ2n) is 6.96. The second-order valence-corrected chi connectivity index (χ2v) is 6.96. The number of anilines is 1. The van der Waals surface area contributed by atoms with Crippen LogP contribution in [0.2, 0.25) is 0 Å². The monoisotopic (exact) mass is 273 g/mol. The number of rotatable bonds is 4. The lowest BCUT2D eigenvalue weighted by Crippen LogP contribution is -2.39. The molecule has 20 heavy (non-hydrogen) atoms. The average molecular weight is 273 g/mol. The van der Waals surface area contributed by atoms with Gasteiger partial charge in [-0.15, -0.1) is 0 Å². The minimum absolute atomic E-state index is 0.753. The summed E-state index contributed by atoms with van der Waals surface area (Å²) in [6.45, 7) is 10.2. The van der Waals surface area contributed by atoms with Crippen LogP contribution in [-0.4, -0.2) is 24.1 Å². The lowest BCUT2D eigenvalue weighted by atomic mass is 9.91. The van der Waals surface area contributed by atoms with Crippen molar-refractivity contribution >= 4 is 5.69 Å². The number of nitrogens with zero attached hydrogens (tertiary/aromatic N) is 2. The van der Waals surface area contributed by atoms with Crippen molar-refractivity contribution in [2.24, 2.45) is 11.8 Å². The summed E-state index contributed by atoms with van der Waals surface area (Å²) in [5, 5.41) is 3.63. The Balaban J connectivity index is 1.79. The number of aromatic nitrogens is 1. The summed E-state index contributed by atoms with van der Waals surface area (Å²) in [5.41, 5.74) is 3.90. The van der Waals surface area contributed by atoms with Crippen LogP contribution >= 0.6 is 0 Å². The van der Waals surface area contributed by atoms with E-state index in [0.29, 0.717) is 0 Å². The number of nitrogens with one attached hydrogen (secondary N) is 1. The zero-order valence-electron chi connectivity index (χ0n) is 13.0. The quantitative estimate of drug-likeness (QED) is 0.913. The van der Waals surface area contributed by atoms with E-state index in [2.05, 4.69) is 48.2 Å². The first-order valence-corrected chi connectivity index (χ1v) is 8.05. The van der Waals surface area contributed by atoms with E-state index in [1.807, 2.05) is 0 Å². The van der Waals surface area contributed by atoms with Crippen molar-refractivity contribution in [3.8, 4) is 0 Å². The third-order valence-electron chi connectivity index (χ3n) is 4.47. The maximum Gasteiger partial charge on any atom is 0.0445 e. The molecule has 0 spiro atoms. The van der Waals surface area contributed by atoms with Gasteiger partial charge < -0.3 is 10.2 Å². The van der Waals surface area contributed by atoms with Crippen LogP contribution in [0.15, 0.2) is 12.3 Å². The van der Waals surface area contributed by atoms with Gasteiger partial charge in [0, 0.05) is 48.8 Å². The van der Waals surface area contributed by atoms with Crippen LogP contribution in [0.5, 0.6) is 0 Å². The van der Waals surface area contributed by atoms with E-state index in [-0.39, 0.29) is 0 Å². The van der Waals surface area contributed by atoms with E-state index in [9.17, 15) is 0 Å². The zero-order valence-corrected chi connectivity index (χ0v) is 13.0. The molecule has 2 unspecified atom stereocenters. The highest BCUT2D eigenvalue weighted by Crippen LogP contribution is 2.29. The molecule has 0 amide bonds. The zero-order chi connectivity index (χ0) is 14.1. The molecular weight excluding hydrogens is 246 g/mol. The van der Waals surface area contributed by atoms with Gasteiger partial charge >= 0.3 is 0 Å². The van der Waals surface area contributed by atoms with Gasteiger partial charge in [-0.1, -0.05) is 13.8 Å². The molecule has 0 bridgehead atoms. The summed E-state index contributed by atoms with van der Waals surface area (Å²) in [6, 6.07) is 3.03. The minimum Gasteiger partial charge on any atom is -0.371 e. The van der Waals surface area contributed by atoms with Gasteiger partial charge in [-0.2, -0.15) is 0 Å². The van der Waals surface area contributed by atoms with Crippen LogP contribution in [0.4, 0.5) is 5.69 Å². The molecule has 1 aromatic rings. The van der Waals surface area contributed by atoms with Crippen LogP contribution in [0, 0.1) is 18.8 Å². The van der Waals surface area contributed by atoms with Crippen molar-refractivity contribution in [3.05, 3.63) is 23.5 Å². The Morgan fingerprint density at radius 2 is 1.95 bits per heavy atom. The Morgan fingerprint density at radius 1 is 1.25 bits per heavy atom. The molecule has 1 aromatic heterocycles. The predicted molar refractivity (Wildman–Crippen MR) is 84.0 cm³/mol. The van der Waals surface area contributed by atoms with Gasteiger partial charge in [0.05, 0.1) is 0 Å². The summed E-state index contributed by atoms with van der Waals surface area (Å²) in [4.78, 5) is 7.09. The van der Waals surface area contributed by atoms with Crippen molar-refractivity contribution in [2.75, 3.05) is 18.0 Å². The van der Waals surface area contributed by atoms with E-state index < -0.39 is 0 Å². The normalized spacial score (nSPS) is 26.9. The number of hydrogen-bond donors (Lipinski definition) is 1. The van der Waals surface area contributed by atoms with Crippen molar-refractivity contribution in [1.82, 2.24) is 10.3 Å². The van der Waals surface area contributed by atoms with Gasteiger partial charge in [0.25, 0.3) is 0 Å². The van der Waals surface area contributed by atoms with Crippen LogP contribution in [0.1, 0.15) is 44.4 Å². The number of piperidine rings is 1. The fraction of sp³-hybridized carbons (Fsp3) is 0.706. The fourth-order valence-electron chi connectivity index (χ4n) is 3.41. The van der Waals surface area contributed by atoms with Crippen molar-refractivity contribution in [3.63, 3.8) is 0 Å². The molecule has 1 N–H and O–H groups in total. The molecule has 1 aliphatic carbocycles. The molecule has 1 aliphatic heterocycles. The van der Waals surface area contributed by atoms with Crippen molar-refractivity contribution in [2.45, 2.75) is 52.6 Å². The number of aryl methyl sites for hydroxylation is 1. The molecule has 3 nitrogen and oxygen atoms in total. The Hall–Kier alpha value is -1.09. The van der Waals surface area contributed by atoms with Gasteiger partial charge in [0.2, 0.25) is 0 Å². The lowest BCUT2D eigenvalue weighted by Gasteiger charge is -2.37. The van der Waals surface area contributed by atoms with Gasteiger partial charge in [-0.3, -0.25) is 4.98 Å². The molecular formula is C17H27N3. The summed E-state index contributed by atoms with van der Waals surface area (Å²) in [6.07, 6.45) is 6.11. The molecule has 3 heteroatoms. The highest BCUT2D eigenvalue weighted by Gasteiger charge is 2.25. The summed E-state index contributed by atoms with van der Waals surface area (Å²) in [5.74, 6) is 1.58. The highest BCUT2D eigenvalue weighted by atomic mass is 15.1. The molecule has 0 aromatic carbocycles. The molecule has 110 valence electrons. The maximum atomic E-state index is 4.50. The van der Waals surface area contributed by atoms with E-state index in [4.69, 9.17) is 0 Å². The van der Waals surface area contributed by atoms with Crippen molar-refractivity contribution < 1.29 is 0 Å². The molecule has 2 heterocycles. The Labute approximate surface area is 122 Å². The molecule has 1 saturated carbocycles. The van der Waals surface area contributed by atoms with Gasteiger partial charge in [-0.05, 0) is 44.1 Å². The van der Waals surface area contributed by atoms with Crippen LogP contribution < -0.4 is 10.2 Å². The Bertz CT molecular complexity index is 457. The SMILES string of the molecule is Cc1cc(N2CC(C)CC(C)C2)c(CNC2CC2)cn1. The summed E-state index contributed by atoms with van der Waals surface area (Å²) in [7, 11) is 0. The van der Waals surface area contributed by atoms with E-state index in [0.717, 1.165) is 30.1 Å². The smallest absolute Gasteiger partial charge is 0.0445 e. The van der Waals surface area contributed by atoms with Gasteiger partial charge in [0.15, 0.2) is 0 Å². The lowest BCUT2D eigenvalue weighted by molar-refractivity contribution is 0.356. The summed E-state index contributed by atoms with van der Waals surface area (Å²) < 4.78 is 0. The van der Waals surface area contributed by atoms with Crippen LogP contribution in [-0.2, 0) is 6.54 Å². The minimum atomic E-state index is 0.753. The standard InChI is InChI=1S/C17H27N3/c1-12-6-13(2)11-20(10-12)17-7-14(3)18-8-15(17)9-19-16-4-5-16/h7-8,12-13,16,19H,4-6,9-11H2,1-3H3. The molecule has 1 saturated heterocycles. The molecule has 0 radical (unpaired) electrons. The number of pyridine rings is 1. The summed E-state index contributed by atoms with van der Waals surface area (Å²) >= 11 is 0. The predicted octanol–water partition coefficient (Wildman–Crippen LogP) is 3.12. The first-order chi connectivity index (χ1) is 9.61. The topological polar surface area (TPSA) is 28.2 Å². The van der Waals surface area contributed by atoms with Crippen LogP contribution in [0.3, 0.4) is 0 Å².